The number of aryl methyl sites for hydroxylation is 1. The quantitative estimate of drug-likeness (QED) is 0.514. The number of halogens is 1. The maximum atomic E-state index is 13.4. The van der Waals surface area contributed by atoms with Gasteiger partial charge in [0.2, 0.25) is 0 Å². The molecule has 0 N–H and O–H groups in total. The number of hydrogen-bond donors (Lipinski definition) is 0. The molecule has 0 spiro atoms. The second-order valence-electron chi connectivity index (χ2n) is 9.46. The minimum atomic E-state index is -0.279. The second kappa shape index (κ2) is 8.39. The molecule has 6 rings (SSSR count). The minimum Gasteiger partial charge on any atom is -0.494 e. The van der Waals surface area contributed by atoms with E-state index < -0.39 is 0 Å². The lowest BCUT2D eigenvalue weighted by molar-refractivity contribution is 0.191. The van der Waals surface area contributed by atoms with Crippen molar-refractivity contribution < 1.29 is 13.7 Å². The van der Waals surface area contributed by atoms with Gasteiger partial charge < -0.3 is 19.1 Å². The van der Waals surface area contributed by atoms with E-state index >= 15 is 0 Å². The van der Waals surface area contributed by atoms with E-state index in [0.717, 1.165) is 68.8 Å². The Labute approximate surface area is 188 Å². The maximum Gasteiger partial charge on any atom is 0.170 e. The molecule has 2 aromatic carbocycles. The number of anilines is 1. The van der Waals surface area contributed by atoms with Gasteiger partial charge in [-0.2, -0.15) is 0 Å². The predicted octanol–water partition coefficient (Wildman–Crippen LogP) is 4.92. The van der Waals surface area contributed by atoms with Crippen LogP contribution in [0.3, 0.4) is 0 Å². The van der Waals surface area contributed by atoms with Crippen LogP contribution in [0.4, 0.5) is 10.1 Å². The molecule has 1 aromatic heterocycles. The Bertz CT molecular complexity index is 1120. The summed E-state index contributed by atoms with van der Waals surface area (Å²) in [5, 5.41) is 5.21. The molecule has 3 aliphatic heterocycles. The number of benzene rings is 2. The number of fused-ring (bicyclic) bond motifs is 1. The van der Waals surface area contributed by atoms with E-state index in [4.69, 9.17) is 9.26 Å². The fourth-order valence-corrected chi connectivity index (χ4v) is 5.78. The van der Waals surface area contributed by atoms with E-state index in [1.54, 1.807) is 6.07 Å². The van der Waals surface area contributed by atoms with Gasteiger partial charge in [0.15, 0.2) is 5.58 Å². The first-order valence-electron chi connectivity index (χ1n) is 12.1. The van der Waals surface area contributed by atoms with Crippen LogP contribution in [0.5, 0.6) is 5.75 Å². The molecule has 6 heteroatoms. The number of likely N-dealkylation sites (tertiary alicyclic amines) is 1. The molecule has 1 fully saturated rings. The van der Waals surface area contributed by atoms with Crippen LogP contribution in [0.25, 0.3) is 11.0 Å². The van der Waals surface area contributed by atoms with Crippen molar-refractivity contribution in [2.75, 3.05) is 44.2 Å². The van der Waals surface area contributed by atoms with Crippen molar-refractivity contribution in [3.63, 3.8) is 0 Å². The summed E-state index contributed by atoms with van der Waals surface area (Å²) in [7, 11) is 0. The fourth-order valence-electron chi connectivity index (χ4n) is 5.78. The Kier molecular flexibility index (Phi) is 5.26. The third-order valence-corrected chi connectivity index (χ3v) is 7.41. The zero-order valence-electron chi connectivity index (χ0n) is 18.5. The van der Waals surface area contributed by atoms with Gasteiger partial charge in [0, 0.05) is 42.7 Å². The van der Waals surface area contributed by atoms with E-state index in [0.29, 0.717) is 11.5 Å². The summed E-state index contributed by atoms with van der Waals surface area (Å²) in [6.07, 6.45) is 6.75. The molecule has 4 heterocycles. The molecular weight excluding hydrogens is 405 g/mol. The first kappa shape index (κ1) is 20.0. The van der Waals surface area contributed by atoms with Crippen molar-refractivity contribution in [3.05, 3.63) is 53.0 Å². The van der Waals surface area contributed by atoms with Crippen molar-refractivity contribution in [2.45, 2.75) is 44.4 Å². The third-order valence-electron chi connectivity index (χ3n) is 7.41. The minimum absolute atomic E-state index is 0.279. The Morgan fingerprint density at radius 3 is 2.75 bits per heavy atom. The first-order chi connectivity index (χ1) is 15.7. The average molecular weight is 436 g/mol. The van der Waals surface area contributed by atoms with Gasteiger partial charge in [0.05, 0.1) is 12.3 Å². The van der Waals surface area contributed by atoms with Crippen molar-refractivity contribution in [2.24, 2.45) is 0 Å². The topological polar surface area (TPSA) is 41.7 Å². The van der Waals surface area contributed by atoms with Crippen LogP contribution in [-0.2, 0) is 12.8 Å². The van der Waals surface area contributed by atoms with Crippen LogP contribution in [0.1, 0.15) is 48.4 Å². The number of piperidine rings is 1. The smallest absolute Gasteiger partial charge is 0.170 e. The Hall–Kier alpha value is -2.60. The number of nitrogens with zero attached hydrogens (tertiary/aromatic N) is 3. The van der Waals surface area contributed by atoms with Crippen LogP contribution in [0.2, 0.25) is 0 Å². The summed E-state index contributed by atoms with van der Waals surface area (Å²) in [6.45, 7) is 6.31. The number of hydrogen-bond acceptors (Lipinski definition) is 5. The summed E-state index contributed by atoms with van der Waals surface area (Å²) in [5.74, 6) is 1.16. The largest absolute Gasteiger partial charge is 0.494 e. The van der Waals surface area contributed by atoms with Gasteiger partial charge in [-0.05, 0) is 87.0 Å². The SMILES string of the molecule is Fc1ccc2c(C3CCN(CCCOc4cc5c6c(c4)CCN6CCC5)CC3)noc2c1. The summed E-state index contributed by atoms with van der Waals surface area (Å²) in [4.78, 5) is 5.06. The van der Waals surface area contributed by atoms with Gasteiger partial charge in [-0.15, -0.1) is 0 Å². The molecule has 3 aliphatic rings. The standard InChI is InChI=1S/C26H30FN3O2/c27-21-4-5-23-24(17-21)32-28-25(23)18-6-11-29(12-7-18)9-2-14-31-22-15-19-3-1-10-30-13-8-20(16-22)26(19)30/h4-5,15-18H,1-3,6-14H2. The lowest BCUT2D eigenvalue weighted by Crippen LogP contribution is -2.34. The van der Waals surface area contributed by atoms with Gasteiger partial charge >= 0.3 is 0 Å². The molecule has 5 nitrogen and oxygen atoms in total. The molecule has 0 radical (unpaired) electrons. The molecule has 168 valence electrons. The van der Waals surface area contributed by atoms with Crippen molar-refractivity contribution in [3.8, 4) is 5.75 Å². The second-order valence-corrected chi connectivity index (χ2v) is 9.46. The van der Waals surface area contributed by atoms with E-state index in [2.05, 4.69) is 27.1 Å². The Balaban J connectivity index is 0.989. The molecule has 32 heavy (non-hydrogen) atoms. The normalized spacial score (nSPS) is 19.0. The molecule has 0 amide bonds. The van der Waals surface area contributed by atoms with Crippen LogP contribution in [0.15, 0.2) is 34.9 Å². The van der Waals surface area contributed by atoms with Crippen LogP contribution in [0, 0.1) is 5.82 Å². The van der Waals surface area contributed by atoms with Crippen molar-refractivity contribution >= 4 is 16.7 Å². The highest BCUT2D eigenvalue weighted by molar-refractivity contribution is 5.79. The zero-order chi connectivity index (χ0) is 21.5. The Morgan fingerprint density at radius 1 is 1.03 bits per heavy atom. The molecule has 3 aromatic rings. The number of rotatable bonds is 6. The zero-order valence-corrected chi connectivity index (χ0v) is 18.5. The van der Waals surface area contributed by atoms with Gasteiger partial charge in [-0.25, -0.2) is 4.39 Å². The molecule has 0 saturated carbocycles. The summed E-state index contributed by atoms with van der Waals surface area (Å²) in [5.41, 5.74) is 5.99. The first-order valence-corrected chi connectivity index (χ1v) is 12.1. The molecule has 0 bridgehead atoms. The van der Waals surface area contributed by atoms with Gasteiger partial charge in [0.1, 0.15) is 11.6 Å². The third kappa shape index (κ3) is 3.75. The van der Waals surface area contributed by atoms with Crippen molar-refractivity contribution in [1.29, 1.82) is 0 Å². The lowest BCUT2D eigenvalue weighted by atomic mass is 9.91. The van der Waals surface area contributed by atoms with E-state index in [9.17, 15) is 4.39 Å². The van der Waals surface area contributed by atoms with Crippen LogP contribution < -0.4 is 9.64 Å². The van der Waals surface area contributed by atoms with Crippen LogP contribution in [-0.4, -0.2) is 49.4 Å². The molecule has 1 saturated heterocycles. The van der Waals surface area contributed by atoms with Crippen LogP contribution >= 0.6 is 0 Å². The highest BCUT2D eigenvalue weighted by atomic mass is 19.1. The Morgan fingerprint density at radius 2 is 1.88 bits per heavy atom. The highest BCUT2D eigenvalue weighted by Gasteiger charge is 2.27. The molecule has 0 unspecified atom stereocenters. The number of aromatic nitrogens is 1. The van der Waals surface area contributed by atoms with E-state index in [-0.39, 0.29) is 5.82 Å². The number of ether oxygens (including phenoxy) is 1. The molecule has 0 aliphatic carbocycles. The van der Waals surface area contributed by atoms with Gasteiger partial charge in [-0.1, -0.05) is 5.16 Å². The van der Waals surface area contributed by atoms with E-state index in [1.165, 1.54) is 54.9 Å². The van der Waals surface area contributed by atoms with Gasteiger partial charge in [0.25, 0.3) is 0 Å². The predicted molar refractivity (Wildman–Crippen MR) is 123 cm³/mol. The summed E-state index contributed by atoms with van der Waals surface area (Å²) < 4.78 is 24.9. The average Bonchev–Trinajstić information content (AvgIpc) is 3.42. The maximum absolute atomic E-state index is 13.4. The lowest BCUT2D eigenvalue weighted by Gasteiger charge is -2.31. The summed E-state index contributed by atoms with van der Waals surface area (Å²) >= 11 is 0. The monoisotopic (exact) mass is 435 g/mol. The fraction of sp³-hybridized carbons (Fsp3) is 0.500. The van der Waals surface area contributed by atoms with E-state index in [1.807, 2.05) is 0 Å². The highest BCUT2D eigenvalue weighted by Crippen LogP contribution is 2.39. The van der Waals surface area contributed by atoms with Gasteiger partial charge in [-0.3, -0.25) is 0 Å². The molecule has 0 atom stereocenters. The molecular formula is C26H30FN3O2. The summed E-state index contributed by atoms with van der Waals surface area (Å²) in [6, 6.07) is 9.25. The van der Waals surface area contributed by atoms with Crippen molar-refractivity contribution in [1.82, 2.24) is 10.1 Å².